The van der Waals surface area contributed by atoms with Crippen molar-refractivity contribution in [2.24, 2.45) is 7.05 Å². The van der Waals surface area contributed by atoms with Crippen molar-refractivity contribution < 1.29 is 9.53 Å². The second kappa shape index (κ2) is 6.52. The third kappa shape index (κ3) is 2.86. The molecule has 0 aliphatic carbocycles. The number of nitrogens with zero attached hydrogens (tertiary/aromatic N) is 3. The quantitative estimate of drug-likeness (QED) is 0.619. The summed E-state index contributed by atoms with van der Waals surface area (Å²) in [5.41, 5.74) is 1.80. The number of likely N-dealkylation sites (tertiary alicyclic amines) is 1. The molecule has 1 aromatic carbocycles. The molecule has 0 radical (unpaired) electrons. The van der Waals surface area contributed by atoms with E-state index in [1.54, 1.807) is 24.2 Å². The lowest BCUT2D eigenvalue weighted by Crippen LogP contribution is -2.50. The summed E-state index contributed by atoms with van der Waals surface area (Å²) in [4.78, 5) is 26.6. The SMILES string of the molecule is Cn1ccc(C(=O)N2CCC3(CC2)Oc2cc(Cl)ccc2-n2cccc23)cc1=O. The first-order chi connectivity index (χ1) is 14.0. The second-order valence-electron chi connectivity index (χ2n) is 7.63. The first kappa shape index (κ1) is 18.1. The van der Waals surface area contributed by atoms with E-state index in [1.165, 1.54) is 10.6 Å². The maximum atomic E-state index is 12.9. The zero-order chi connectivity index (χ0) is 20.2. The minimum absolute atomic E-state index is 0.118. The van der Waals surface area contributed by atoms with E-state index in [2.05, 4.69) is 10.6 Å². The lowest BCUT2D eigenvalue weighted by molar-refractivity contribution is -0.00930. The molecular formula is C22H20ClN3O3. The molecule has 5 rings (SSSR count). The van der Waals surface area contributed by atoms with Gasteiger partial charge in [-0.1, -0.05) is 11.6 Å². The number of hydrogen-bond donors (Lipinski definition) is 0. The number of rotatable bonds is 1. The zero-order valence-corrected chi connectivity index (χ0v) is 16.7. The van der Waals surface area contributed by atoms with Crippen molar-refractivity contribution >= 4 is 17.5 Å². The molecule has 1 saturated heterocycles. The van der Waals surface area contributed by atoms with Crippen LogP contribution in [0, 0.1) is 0 Å². The highest BCUT2D eigenvalue weighted by molar-refractivity contribution is 6.30. The highest BCUT2D eigenvalue weighted by Gasteiger charge is 2.44. The molecule has 29 heavy (non-hydrogen) atoms. The summed E-state index contributed by atoms with van der Waals surface area (Å²) >= 11 is 6.19. The van der Waals surface area contributed by atoms with Crippen molar-refractivity contribution in [2.75, 3.05) is 13.1 Å². The maximum absolute atomic E-state index is 12.9. The molecule has 1 amide bonds. The van der Waals surface area contributed by atoms with Crippen LogP contribution >= 0.6 is 11.6 Å². The van der Waals surface area contributed by atoms with Gasteiger partial charge in [0.2, 0.25) is 0 Å². The number of halogens is 1. The minimum Gasteiger partial charge on any atom is -0.479 e. The first-order valence-electron chi connectivity index (χ1n) is 9.60. The largest absolute Gasteiger partial charge is 0.479 e. The molecule has 2 aromatic heterocycles. The fraction of sp³-hybridized carbons (Fsp3) is 0.273. The number of carbonyl (C=O) groups is 1. The van der Waals surface area contributed by atoms with Gasteiger partial charge >= 0.3 is 0 Å². The van der Waals surface area contributed by atoms with Gasteiger partial charge in [0.1, 0.15) is 5.75 Å². The van der Waals surface area contributed by atoms with Crippen molar-refractivity contribution in [2.45, 2.75) is 18.4 Å². The molecule has 7 heteroatoms. The summed E-state index contributed by atoms with van der Waals surface area (Å²) in [5, 5.41) is 0.632. The fourth-order valence-corrected chi connectivity index (χ4v) is 4.45. The summed E-state index contributed by atoms with van der Waals surface area (Å²) in [7, 11) is 1.67. The van der Waals surface area contributed by atoms with E-state index in [4.69, 9.17) is 16.3 Å². The first-order valence-corrected chi connectivity index (χ1v) is 9.97. The number of piperidine rings is 1. The topological polar surface area (TPSA) is 56.5 Å². The van der Waals surface area contributed by atoms with Gasteiger partial charge in [-0.3, -0.25) is 9.59 Å². The Morgan fingerprint density at radius 3 is 2.66 bits per heavy atom. The predicted octanol–water partition coefficient (Wildman–Crippen LogP) is 3.35. The maximum Gasteiger partial charge on any atom is 0.254 e. The highest BCUT2D eigenvalue weighted by atomic mass is 35.5. The molecule has 1 fully saturated rings. The van der Waals surface area contributed by atoms with Gasteiger partial charge in [0.15, 0.2) is 5.60 Å². The third-order valence-corrected chi connectivity index (χ3v) is 6.15. The van der Waals surface area contributed by atoms with Crippen molar-refractivity contribution in [1.29, 1.82) is 0 Å². The number of fused-ring (bicyclic) bond motifs is 4. The van der Waals surface area contributed by atoms with E-state index in [0.29, 0.717) is 36.5 Å². The molecular weight excluding hydrogens is 390 g/mol. The number of aryl methyl sites for hydroxylation is 1. The Morgan fingerprint density at radius 2 is 1.90 bits per heavy atom. The summed E-state index contributed by atoms with van der Waals surface area (Å²) in [6.45, 7) is 1.10. The molecule has 0 unspecified atom stereocenters. The summed E-state index contributed by atoms with van der Waals surface area (Å²) in [6.07, 6.45) is 4.99. The average Bonchev–Trinajstić information content (AvgIpc) is 3.21. The molecule has 0 atom stereocenters. The smallest absolute Gasteiger partial charge is 0.254 e. The van der Waals surface area contributed by atoms with Crippen LogP contribution in [0.3, 0.4) is 0 Å². The van der Waals surface area contributed by atoms with E-state index in [-0.39, 0.29) is 11.5 Å². The van der Waals surface area contributed by atoms with Crippen LogP contribution in [-0.2, 0) is 12.6 Å². The fourth-order valence-electron chi connectivity index (χ4n) is 4.29. The van der Waals surface area contributed by atoms with Crippen LogP contribution in [0.15, 0.2) is 59.7 Å². The van der Waals surface area contributed by atoms with E-state index >= 15 is 0 Å². The van der Waals surface area contributed by atoms with Crippen LogP contribution in [0.25, 0.3) is 5.69 Å². The molecule has 3 aromatic rings. The van der Waals surface area contributed by atoms with E-state index < -0.39 is 5.60 Å². The standard InChI is InChI=1S/C22H20ClN3O3/c1-24-10-6-15(13-20(24)27)21(28)25-11-7-22(8-12-25)19-3-2-9-26(19)17-5-4-16(23)14-18(17)29-22/h2-6,9-10,13-14H,7-8,11-12H2,1H3. The van der Waals surface area contributed by atoms with Crippen LogP contribution in [0.4, 0.5) is 0 Å². The normalized spacial score (nSPS) is 16.8. The van der Waals surface area contributed by atoms with Gasteiger partial charge < -0.3 is 18.8 Å². The van der Waals surface area contributed by atoms with Crippen molar-refractivity contribution in [1.82, 2.24) is 14.0 Å². The minimum atomic E-state index is -0.495. The molecule has 0 bridgehead atoms. The number of pyridine rings is 1. The Kier molecular flexibility index (Phi) is 4.06. The van der Waals surface area contributed by atoms with Crippen LogP contribution in [0.2, 0.25) is 5.02 Å². The number of carbonyl (C=O) groups excluding carboxylic acids is 1. The molecule has 0 N–H and O–H groups in total. The molecule has 148 valence electrons. The van der Waals surface area contributed by atoms with Gasteiger partial charge in [-0.2, -0.15) is 0 Å². The summed E-state index contributed by atoms with van der Waals surface area (Å²) < 4.78 is 10.1. The van der Waals surface area contributed by atoms with Crippen molar-refractivity contribution in [3.05, 3.63) is 81.5 Å². The molecule has 2 aliphatic heterocycles. The monoisotopic (exact) mass is 409 g/mol. The number of benzene rings is 1. The van der Waals surface area contributed by atoms with Gasteiger partial charge in [-0.25, -0.2) is 0 Å². The lowest BCUT2D eigenvalue weighted by atomic mass is 9.86. The molecule has 1 spiro atoms. The van der Waals surface area contributed by atoms with E-state index in [1.807, 2.05) is 30.5 Å². The van der Waals surface area contributed by atoms with Crippen LogP contribution in [0.5, 0.6) is 5.75 Å². The van der Waals surface area contributed by atoms with Gasteiger partial charge in [-0.05, 0) is 30.3 Å². The Bertz CT molecular complexity index is 1170. The number of amides is 1. The van der Waals surface area contributed by atoms with Crippen LogP contribution in [-0.4, -0.2) is 33.0 Å². The van der Waals surface area contributed by atoms with Crippen LogP contribution < -0.4 is 10.3 Å². The number of aromatic nitrogens is 2. The van der Waals surface area contributed by atoms with E-state index in [0.717, 1.165) is 17.1 Å². The van der Waals surface area contributed by atoms with Gasteiger partial charge in [-0.15, -0.1) is 0 Å². The third-order valence-electron chi connectivity index (χ3n) is 5.91. The summed E-state index contributed by atoms with van der Waals surface area (Å²) in [5.74, 6) is 0.639. The molecule has 0 saturated carbocycles. The zero-order valence-electron chi connectivity index (χ0n) is 16.0. The van der Waals surface area contributed by atoms with Crippen molar-refractivity contribution in [3.8, 4) is 11.4 Å². The number of hydrogen-bond acceptors (Lipinski definition) is 3. The van der Waals surface area contributed by atoms with Gasteiger partial charge in [0, 0.05) is 68.1 Å². The predicted molar refractivity (Wildman–Crippen MR) is 110 cm³/mol. The van der Waals surface area contributed by atoms with Crippen LogP contribution in [0.1, 0.15) is 28.9 Å². The Labute approximate surface area is 172 Å². The van der Waals surface area contributed by atoms with Gasteiger partial charge in [0.05, 0.1) is 11.4 Å². The Hall–Kier alpha value is -2.99. The Balaban J connectivity index is 1.42. The van der Waals surface area contributed by atoms with E-state index in [9.17, 15) is 9.59 Å². The lowest BCUT2D eigenvalue weighted by Gasteiger charge is -2.45. The highest BCUT2D eigenvalue weighted by Crippen LogP contribution is 2.45. The Morgan fingerprint density at radius 1 is 1.10 bits per heavy atom. The second-order valence-corrected chi connectivity index (χ2v) is 8.07. The van der Waals surface area contributed by atoms with Crippen molar-refractivity contribution in [3.63, 3.8) is 0 Å². The molecule has 6 nitrogen and oxygen atoms in total. The summed E-state index contributed by atoms with van der Waals surface area (Å²) in [6, 6.07) is 12.8. The molecule has 2 aliphatic rings. The van der Waals surface area contributed by atoms with Gasteiger partial charge in [0.25, 0.3) is 11.5 Å². The number of ether oxygens (including phenoxy) is 1. The average molecular weight is 410 g/mol. The molecule has 4 heterocycles.